The predicted molar refractivity (Wildman–Crippen MR) is 81.7 cm³/mol. The molecule has 6 heteroatoms. The second-order valence-electron chi connectivity index (χ2n) is 3.97. The van der Waals surface area contributed by atoms with Crippen LogP contribution in [-0.2, 0) is 0 Å². The number of hydrogen-bond donors (Lipinski definition) is 1. The summed E-state index contributed by atoms with van der Waals surface area (Å²) in [6, 6.07) is 3.88. The normalized spacial score (nSPS) is 10.5. The highest BCUT2D eigenvalue weighted by atomic mass is 79.9. The molecule has 2 heterocycles. The van der Waals surface area contributed by atoms with E-state index < -0.39 is 0 Å². The van der Waals surface area contributed by atoms with Gasteiger partial charge in [-0.1, -0.05) is 0 Å². The van der Waals surface area contributed by atoms with Gasteiger partial charge in [-0.25, -0.2) is 15.0 Å². The lowest BCUT2D eigenvalue weighted by atomic mass is 10.3. The highest BCUT2D eigenvalue weighted by molar-refractivity contribution is 9.10. The maximum atomic E-state index is 4.50. The van der Waals surface area contributed by atoms with E-state index in [0.717, 1.165) is 38.3 Å². The number of pyridine rings is 1. The van der Waals surface area contributed by atoms with E-state index in [2.05, 4.69) is 43.1 Å². The third-order valence-corrected chi connectivity index (χ3v) is 4.49. The fraction of sp³-hybridized carbons (Fsp3) is 0.308. The van der Waals surface area contributed by atoms with E-state index in [1.54, 1.807) is 18.0 Å². The summed E-state index contributed by atoms with van der Waals surface area (Å²) in [6.07, 6.45) is 1.78. The van der Waals surface area contributed by atoms with E-state index >= 15 is 0 Å². The number of hydrogen-bond acceptors (Lipinski definition) is 5. The van der Waals surface area contributed by atoms with Crippen LogP contribution < -0.4 is 5.32 Å². The molecule has 0 aliphatic carbocycles. The van der Waals surface area contributed by atoms with E-state index in [1.165, 1.54) is 0 Å². The molecule has 0 amide bonds. The van der Waals surface area contributed by atoms with Crippen molar-refractivity contribution in [1.82, 2.24) is 15.0 Å². The van der Waals surface area contributed by atoms with Gasteiger partial charge < -0.3 is 5.32 Å². The molecule has 0 aliphatic rings. The first kappa shape index (κ1) is 14.3. The van der Waals surface area contributed by atoms with Crippen LogP contribution in [0.25, 0.3) is 0 Å². The van der Waals surface area contributed by atoms with Gasteiger partial charge in [0.1, 0.15) is 21.7 Å². The maximum absolute atomic E-state index is 4.50. The maximum Gasteiger partial charge on any atom is 0.133 e. The number of anilines is 1. The van der Waals surface area contributed by atoms with Crippen LogP contribution in [0.5, 0.6) is 0 Å². The van der Waals surface area contributed by atoms with Gasteiger partial charge in [0.25, 0.3) is 0 Å². The van der Waals surface area contributed by atoms with Gasteiger partial charge in [-0.3, -0.25) is 0 Å². The Morgan fingerprint density at radius 3 is 2.74 bits per heavy atom. The third-order valence-electron chi connectivity index (χ3n) is 2.48. The molecule has 1 N–H and O–H groups in total. The summed E-state index contributed by atoms with van der Waals surface area (Å²) in [7, 11) is 0. The largest absolute Gasteiger partial charge is 0.370 e. The minimum atomic E-state index is 0.760. The minimum Gasteiger partial charge on any atom is -0.370 e. The van der Waals surface area contributed by atoms with Crippen molar-refractivity contribution in [1.29, 1.82) is 0 Å². The molecule has 0 radical (unpaired) electrons. The van der Waals surface area contributed by atoms with Crippen LogP contribution in [0, 0.1) is 13.8 Å². The Morgan fingerprint density at radius 2 is 2.05 bits per heavy atom. The van der Waals surface area contributed by atoms with E-state index in [0.29, 0.717) is 0 Å². The number of aromatic nitrogens is 3. The SMILES string of the molecule is CCNc1nc(C)nc(Sc2ncccc2Br)c1C. The zero-order valence-corrected chi connectivity index (χ0v) is 13.5. The highest BCUT2D eigenvalue weighted by Gasteiger charge is 2.12. The first-order chi connectivity index (χ1) is 9.11. The Kier molecular flexibility index (Phi) is 4.76. The second-order valence-corrected chi connectivity index (χ2v) is 5.80. The summed E-state index contributed by atoms with van der Waals surface area (Å²) in [4.78, 5) is 13.3. The fourth-order valence-corrected chi connectivity index (χ4v) is 2.97. The van der Waals surface area contributed by atoms with Gasteiger partial charge in [-0.05, 0) is 60.6 Å². The minimum absolute atomic E-state index is 0.760. The van der Waals surface area contributed by atoms with Gasteiger partial charge in [0.05, 0.1) is 4.47 Å². The lowest BCUT2D eigenvalue weighted by Crippen LogP contribution is -2.05. The molecule has 0 saturated heterocycles. The Balaban J connectivity index is 2.37. The molecule has 0 unspecified atom stereocenters. The zero-order valence-electron chi connectivity index (χ0n) is 11.1. The monoisotopic (exact) mass is 338 g/mol. The van der Waals surface area contributed by atoms with E-state index in [-0.39, 0.29) is 0 Å². The zero-order chi connectivity index (χ0) is 13.8. The van der Waals surface area contributed by atoms with Gasteiger partial charge in [-0.2, -0.15) is 0 Å². The smallest absolute Gasteiger partial charge is 0.133 e. The lowest BCUT2D eigenvalue weighted by molar-refractivity contribution is 0.929. The van der Waals surface area contributed by atoms with Crippen LogP contribution in [0.3, 0.4) is 0 Å². The fourth-order valence-electron chi connectivity index (χ4n) is 1.58. The highest BCUT2D eigenvalue weighted by Crippen LogP contribution is 2.33. The molecule has 100 valence electrons. The number of aryl methyl sites for hydroxylation is 1. The summed E-state index contributed by atoms with van der Waals surface area (Å²) < 4.78 is 0.973. The molecule has 0 fully saturated rings. The molecule has 4 nitrogen and oxygen atoms in total. The Bertz CT molecular complexity index is 589. The van der Waals surface area contributed by atoms with Crippen LogP contribution in [0.15, 0.2) is 32.9 Å². The van der Waals surface area contributed by atoms with Crippen LogP contribution in [0.4, 0.5) is 5.82 Å². The topological polar surface area (TPSA) is 50.7 Å². The second kappa shape index (κ2) is 6.34. The standard InChI is InChI=1S/C13H15BrN4S/c1-4-15-11-8(2)12(18-9(3)17-11)19-13-10(14)6-5-7-16-13/h5-7H,4H2,1-3H3,(H,15,17,18). The molecule has 19 heavy (non-hydrogen) atoms. The molecule has 2 aromatic heterocycles. The summed E-state index contributed by atoms with van der Waals surface area (Å²) in [5.41, 5.74) is 1.05. The summed E-state index contributed by atoms with van der Waals surface area (Å²) in [6.45, 7) is 6.82. The molecule has 0 spiro atoms. The molecule has 0 bridgehead atoms. The summed E-state index contributed by atoms with van der Waals surface area (Å²) in [5.74, 6) is 1.65. The quantitative estimate of drug-likeness (QED) is 0.858. The molecule has 0 aliphatic heterocycles. The summed E-state index contributed by atoms with van der Waals surface area (Å²) in [5, 5.41) is 5.10. The van der Waals surface area contributed by atoms with Crippen molar-refractivity contribution < 1.29 is 0 Å². The van der Waals surface area contributed by atoms with Crippen molar-refractivity contribution in [3.63, 3.8) is 0 Å². The number of halogens is 1. The van der Waals surface area contributed by atoms with Crippen molar-refractivity contribution in [2.24, 2.45) is 0 Å². The molecular weight excluding hydrogens is 324 g/mol. The van der Waals surface area contributed by atoms with Crippen LogP contribution in [0.1, 0.15) is 18.3 Å². The molecular formula is C13H15BrN4S. The first-order valence-corrected chi connectivity index (χ1v) is 7.60. The van der Waals surface area contributed by atoms with E-state index in [4.69, 9.17) is 0 Å². The molecule has 2 aromatic rings. The molecule has 0 saturated carbocycles. The van der Waals surface area contributed by atoms with Crippen LogP contribution in [0.2, 0.25) is 0 Å². The number of nitrogens with zero attached hydrogens (tertiary/aromatic N) is 3. The molecule has 0 atom stereocenters. The molecule has 2 rings (SSSR count). The number of nitrogens with one attached hydrogen (secondary N) is 1. The third kappa shape index (κ3) is 3.45. The number of rotatable bonds is 4. The van der Waals surface area contributed by atoms with Crippen molar-refractivity contribution in [3.05, 3.63) is 34.2 Å². The van der Waals surface area contributed by atoms with Crippen molar-refractivity contribution in [3.8, 4) is 0 Å². The Morgan fingerprint density at radius 1 is 1.26 bits per heavy atom. The van der Waals surface area contributed by atoms with Crippen molar-refractivity contribution in [2.45, 2.75) is 30.8 Å². The van der Waals surface area contributed by atoms with Crippen LogP contribution >= 0.6 is 27.7 Å². The molecule has 0 aromatic carbocycles. The Hall–Kier alpha value is -1.14. The average molecular weight is 339 g/mol. The van der Waals surface area contributed by atoms with Crippen molar-refractivity contribution >= 4 is 33.5 Å². The van der Waals surface area contributed by atoms with Crippen molar-refractivity contribution in [2.75, 3.05) is 11.9 Å². The van der Waals surface area contributed by atoms with Crippen LogP contribution in [-0.4, -0.2) is 21.5 Å². The first-order valence-electron chi connectivity index (χ1n) is 5.99. The van der Waals surface area contributed by atoms with Gasteiger partial charge >= 0.3 is 0 Å². The predicted octanol–water partition coefficient (Wildman–Crippen LogP) is 3.83. The van der Waals surface area contributed by atoms with Gasteiger partial charge in [0, 0.05) is 18.3 Å². The lowest BCUT2D eigenvalue weighted by Gasteiger charge is -2.11. The summed E-state index contributed by atoms with van der Waals surface area (Å²) >= 11 is 5.05. The van der Waals surface area contributed by atoms with Gasteiger partial charge in [0.15, 0.2) is 0 Å². The van der Waals surface area contributed by atoms with E-state index in [9.17, 15) is 0 Å². The van der Waals surface area contributed by atoms with Gasteiger partial charge in [0.2, 0.25) is 0 Å². The van der Waals surface area contributed by atoms with E-state index in [1.807, 2.05) is 26.0 Å². The average Bonchev–Trinajstić information content (AvgIpc) is 2.38. The van der Waals surface area contributed by atoms with Gasteiger partial charge in [-0.15, -0.1) is 0 Å². The Labute approximate surface area is 125 Å².